The van der Waals surface area contributed by atoms with E-state index >= 15 is 0 Å². The summed E-state index contributed by atoms with van der Waals surface area (Å²) in [5.41, 5.74) is 2.81. The normalized spacial score (nSPS) is 18.6. The van der Waals surface area contributed by atoms with Gasteiger partial charge in [0.05, 0.1) is 24.7 Å². The van der Waals surface area contributed by atoms with Crippen molar-refractivity contribution in [3.8, 4) is 0 Å². The van der Waals surface area contributed by atoms with Gasteiger partial charge in [-0.25, -0.2) is 13.2 Å². The van der Waals surface area contributed by atoms with E-state index in [-0.39, 0.29) is 18.1 Å². The zero-order chi connectivity index (χ0) is 25.5. The van der Waals surface area contributed by atoms with Crippen LogP contribution in [0.4, 0.5) is 4.79 Å². The number of aryl methyl sites for hydroxylation is 1. The van der Waals surface area contributed by atoms with Crippen LogP contribution in [0.5, 0.6) is 0 Å². The number of carbonyl (C=O) groups is 1. The molecule has 0 saturated carbocycles. The molecule has 1 amide bonds. The number of hydrogen-bond donors (Lipinski definition) is 0. The molecule has 188 valence electrons. The Kier molecular flexibility index (Phi) is 8.20. The Morgan fingerprint density at radius 2 is 1.53 bits per heavy atom. The first kappa shape index (κ1) is 25.6. The van der Waals surface area contributed by atoms with Crippen LogP contribution < -0.4 is 0 Å². The smallest absolute Gasteiger partial charge is 0.425 e. The maximum Gasteiger partial charge on any atom is 0.425 e. The minimum Gasteiger partial charge on any atom is -0.440 e. The maximum absolute atomic E-state index is 13.4. The van der Waals surface area contributed by atoms with Crippen molar-refractivity contribution in [2.24, 2.45) is 0 Å². The molecule has 8 heteroatoms. The molecule has 4 rings (SSSR count). The van der Waals surface area contributed by atoms with E-state index in [1.807, 2.05) is 67.6 Å². The molecule has 0 unspecified atom stereocenters. The number of benzene rings is 3. The number of sulfonamides is 1. The van der Waals surface area contributed by atoms with Gasteiger partial charge in [-0.3, -0.25) is 0 Å². The number of rotatable bonds is 11. The molecule has 3 aromatic rings. The fourth-order valence-corrected chi connectivity index (χ4v) is 5.46. The average molecular weight is 508 g/mol. The zero-order valence-electron chi connectivity index (χ0n) is 20.0. The Balaban J connectivity index is 1.56. The van der Waals surface area contributed by atoms with Crippen LogP contribution in [0.25, 0.3) is 0 Å². The summed E-state index contributed by atoms with van der Waals surface area (Å²) in [6.07, 6.45) is -1.24. The van der Waals surface area contributed by atoms with Crippen molar-refractivity contribution in [2.45, 2.75) is 43.3 Å². The summed E-state index contributed by atoms with van der Waals surface area (Å²) in [6, 6.07) is 24.5. The van der Waals surface area contributed by atoms with Crippen molar-refractivity contribution in [3.05, 3.63) is 114 Å². The molecule has 3 atom stereocenters. The van der Waals surface area contributed by atoms with Crippen molar-refractivity contribution in [3.63, 3.8) is 0 Å². The van der Waals surface area contributed by atoms with Crippen LogP contribution in [0.3, 0.4) is 0 Å². The second kappa shape index (κ2) is 11.5. The fraction of sp³-hybridized carbons (Fsp3) is 0.250. The Labute approximate surface area is 212 Å². The Morgan fingerprint density at radius 1 is 0.944 bits per heavy atom. The van der Waals surface area contributed by atoms with Crippen LogP contribution in [-0.2, 0) is 37.4 Å². The van der Waals surface area contributed by atoms with E-state index in [2.05, 4.69) is 6.58 Å². The molecule has 0 spiro atoms. The molecule has 1 saturated heterocycles. The molecule has 36 heavy (non-hydrogen) atoms. The second-order valence-corrected chi connectivity index (χ2v) is 10.3. The van der Waals surface area contributed by atoms with Crippen LogP contribution in [0.2, 0.25) is 0 Å². The van der Waals surface area contributed by atoms with E-state index in [1.54, 1.807) is 12.1 Å². The van der Waals surface area contributed by atoms with Gasteiger partial charge < -0.3 is 14.2 Å². The minimum atomic E-state index is -4.17. The molecule has 1 fully saturated rings. The number of nitrogens with zero attached hydrogens (tertiary/aromatic N) is 1. The first-order valence-corrected chi connectivity index (χ1v) is 13.1. The first-order valence-electron chi connectivity index (χ1n) is 11.6. The summed E-state index contributed by atoms with van der Waals surface area (Å²) in [5, 5.41) is 0. The van der Waals surface area contributed by atoms with E-state index in [9.17, 15) is 13.2 Å². The second-order valence-electron chi connectivity index (χ2n) is 8.52. The summed E-state index contributed by atoms with van der Waals surface area (Å²) < 4.78 is 45.1. The SMILES string of the molecule is C=C[C@@H]1[C@@H]([C@@H](COCc2ccccc2)OCc2ccccc2)OC(=O)N1S(=O)(=O)c1ccc(C)cc1. The molecule has 7 nitrogen and oxygen atoms in total. The van der Waals surface area contributed by atoms with Crippen molar-refractivity contribution >= 4 is 16.1 Å². The largest absolute Gasteiger partial charge is 0.440 e. The van der Waals surface area contributed by atoms with Crippen LogP contribution in [0.15, 0.2) is 102 Å². The topological polar surface area (TPSA) is 82.1 Å². The maximum atomic E-state index is 13.4. The Morgan fingerprint density at radius 3 is 2.11 bits per heavy atom. The lowest BCUT2D eigenvalue weighted by molar-refractivity contribution is -0.0841. The molecule has 1 heterocycles. The van der Waals surface area contributed by atoms with Gasteiger partial charge in [-0.1, -0.05) is 84.4 Å². The van der Waals surface area contributed by atoms with Gasteiger partial charge in [0, 0.05) is 0 Å². The van der Waals surface area contributed by atoms with E-state index < -0.39 is 34.4 Å². The highest BCUT2D eigenvalue weighted by Gasteiger charge is 2.50. The molecule has 0 N–H and O–H groups in total. The number of hydrogen-bond acceptors (Lipinski definition) is 6. The first-order chi connectivity index (χ1) is 17.4. The van der Waals surface area contributed by atoms with Crippen molar-refractivity contribution in [1.29, 1.82) is 0 Å². The van der Waals surface area contributed by atoms with Crippen molar-refractivity contribution in [1.82, 2.24) is 4.31 Å². The Bertz CT molecular complexity index is 1260. The summed E-state index contributed by atoms with van der Waals surface area (Å²) in [6.45, 7) is 6.30. The number of ether oxygens (including phenoxy) is 3. The molecule has 0 radical (unpaired) electrons. The van der Waals surface area contributed by atoms with Gasteiger partial charge in [-0.15, -0.1) is 6.58 Å². The van der Waals surface area contributed by atoms with Crippen LogP contribution in [0.1, 0.15) is 16.7 Å². The number of cyclic esters (lactones) is 1. The molecule has 1 aliphatic rings. The lowest BCUT2D eigenvalue weighted by Gasteiger charge is -2.27. The third kappa shape index (κ3) is 5.84. The molecule has 0 aromatic heterocycles. The van der Waals surface area contributed by atoms with E-state index in [0.29, 0.717) is 6.61 Å². The zero-order valence-corrected chi connectivity index (χ0v) is 20.8. The van der Waals surface area contributed by atoms with Gasteiger partial charge in [-0.05, 0) is 30.2 Å². The van der Waals surface area contributed by atoms with Gasteiger partial charge >= 0.3 is 6.09 Å². The van der Waals surface area contributed by atoms with Gasteiger partial charge in [-0.2, -0.15) is 4.31 Å². The van der Waals surface area contributed by atoms with E-state index in [1.165, 1.54) is 18.2 Å². The number of carbonyl (C=O) groups excluding carboxylic acids is 1. The monoisotopic (exact) mass is 507 g/mol. The van der Waals surface area contributed by atoms with Gasteiger partial charge in [0.15, 0.2) is 6.10 Å². The third-order valence-corrected chi connectivity index (χ3v) is 7.69. The number of amides is 1. The quantitative estimate of drug-likeness (QED) is 0.345. The van der Waals surface area contributed by atoms with Gasteiger partial charge in [0.1, 0.15) is 12.1 Å². The van der Waals surface area contributed by atoms with E-state index in [0.717, 1.165) is 21.0 Å². The predicted octanol–water partition coefficient (Wildman–Crippen LogP) is 4.86. The standard InChI is InChI=1S/C28H29NO6S/c1-3-25-27(35-28(30)29(25)36(31,32)24-16-14-21(2)15-17-24)26(34-19-23-12-8-5-9-13-23)20-33-18-22-10-6-4-7-11-22/h3-17,25-27H,1,18-20H2,2H3/t25-,26-,27+/m1/s1. The Hall–Kier alpha value is -3.46. The summed E-state index contributed by atoms with van der Waals surface area (Å²) >= 11 is 0. The van der Waals surface area contributed by atoms with Crippen molar-refractivity contribution < 1.29 is 27.4 Å². The van der Waals surface area contributed by atoms with Gasteiger partial charge in [0.25, 0.3) is 10.0 Å². The molecule has 3 aromatic carbocycles. The third-order valence-electron chi connectivity index (χ3n) is 5.91. The van der Waals surface area contributed by atoms with Crippen LogP contribution >= 0.6 is 0 Å². The highest BCUT2D eigenvalue weighted by Crippen LogP contribution is 2.31. The summed E-state index contributed by atoms with van der Waals surface area (Å²) in [5.74, 6) is 0. The summed E-state index contributed by atoms with van der Waals surface area (Å²) in [7, 11) is -4.17. The molecular formula is C28H29NO6S. The minimum absolute atomic E-state index is 0.000341. The lowest BCUT2D eigenvalue weighted by Crippen LogP contribution is -2.45. The van der Waals surface area contributed by atoms with Crippen LogP contribution in [-0.4, -0.2) is 43.7 Å². The van der Waals surface area contributed by atoms with Gasteiger partial charge in [0.2, 0.25) is 0 Å². The van der Waals surface area contributed by atoms with Crippen LogP contribution in [0, 0.1) is 6.92 Å². The molecular weight excluding hydrogens is 478 g/mol. The highest BCUT2D eigenvalue weighted by molar-refractivity contribution is 7.89. The average Bonchev–Trinajstić information content (AvgIpc) is 3.24. The predicted molar refractivity (Wildman–Crippen MR) is 136 cm³/mol. The fourth-order valence-electron chi connectivity index (χ4n) is 3.98. The highest BCUT2D eigenvalue weighted by atomic mass is 32.2. The molecule has 0 bridgehead atoms. The molecule has 0 aliphatic carbocycles. The molecule has 1 aliphatic heterocycles. The lowest BCUT2D eigenvalue weighted by atomic mass is 10.1. The van der Waals surface area contributed by atoms with E-state index in [4.69, 9.17) is 14.2 Å². The van der Waals surface area contributed by atoms with Crippen molar-refractivity contribution in [2.75, 3.05) is 6.61 Å². The summed E-state index contributed by atoms with van der Waals surface area (Å²) in [4.78, 5) is 12.9.